The van der Waals surface area contributed by atoms with Gasteiger partial charge in [0.25, 0.3) is 0 Å². The number of likely N-dealkylation sites (N-methyl/N-ethyl adjacent to an activating group) is 1. The van der Waals surface area contributed by atoms with Gasteiger partial charge >= 0.3 is 0 Å². The summed E-state index contributed by atoms with van der Waals surface area (Å²) in [4.78, 5) is 32.1. The number of amides is 2. The lowest BCUT2D eigenvalue weighted by atomic mass is 9.98. The third kappa shape index (κ3) is 4.04. The monoisotopic (exact) mass is 416 g/mol. The van der Waals surface area contributed by atoms with Crippen LogP contribution in [0.3, 0.4) is 0 Å². The van der Waals surface area contributed by atoms with Crippen LogP contribution in [0.5, 0.6) is 0 Å². The van der Waals surface area contributed by atoms with Crippen molar-refractivity contribution < 1.29 is 14.0 Å². The number of hydrogen-bond acceptors (Lipinski definition) is 4. The van der Waals surface area contributed by atoms with Crippen LogP contribution in [0.2, 0.25) is 0 Å². The summed E-state index contributed by atoms with van der Waals surface area (Å²) in [6.07, 6.45) is 1.68. The highest BCUT2D eigenvalue weighted by Crippen LogP contribution is 2.60. The standard InChI is InChI=1S/C23H33FN4O2/c1-16(2)14-28-15-23(13-20(28)21(29)25-3)12-19(23)22(30)27-10-8-26(9-11-27)18-6-4-17(24)5-7-18/h4-7,16,19-20H,8-15H2,1-3H3,(H,25,29)/t19-,20+,23+/m1/s1. The van der Waals surface area contributed by atoms with E-state index in [0.717, 1.165) is 44.7 Å². The maximum Gasteiger partial charge on any atom is 0.237 e. The lowest BCUT2D eigenvalue weighted by Crippen LogP contribution is -2.49. The van der Waals surface area contributed by atoms with E-state index in [2.05, 4.69) is 29.0 Å². The fourth-order valence-electron chi connectivity index (χ4n) is 5.33. The van der Waals surface area contributed by atoms with Gasteiger partial charge in [-0.15, -0.1) is 0 Å². The predicted molar refractivity (Wildman–Crippen MR) is 115 cm³/mol. The van der Waals surface area contributed by atoms with Gasteiger partial charge < -0.3 is 15.1 Å². The topological polar surface area (TPSA) is 55.9 Å². The van der Waals surface area contributed by atoms with Crippen molar-refractivity contribution in [3.8, 4) is 0 Å². The van der Waals surface area contributed by atoms with Crippen LogP contribution in [-0.2, 0) is 9.59 Å². The number of piperazine rings is 1. The van der Waals surface area contributed by atoms with Crippen LogP contribution in [-0.4, -0.2) is 74.0 Å². The van der Waals surface area contributed by atoms with Crippen LogP contribution in [0.15, 0.2) is 24.3 Å². The van der Waals surface area contributed by atoms with E-state index < -0.39 is 0 Å². The average molecular weight is 417 g/mol. The third-order valence-corrected chi connectivity index (χ3v) is 6.98. The maximum atomic E-state index is 13.2. The fraction of sp³-hybridized carbons (Fsp3) is 0.652. The van der Waals surface area contributed by atoms with Crippen molar-refractivity contribution in [3.05, 3.63) is 30.1 Å². The van der Waals surface area contributed by atoms with Crippen LogP contribution in [0, 0.1) is 23.1 Å². The second-order valence-electron chi connectivity index (χ2n) is 9.57. The van der Waals surface area contributed by atoms with E-state index >= 15 is 0 Å². The molecule has 1 aromatic carbocycles. The summed E-state index contributed by atoms with van der Waals surface area (Å²) in [5.74, 6) is 0.609. The van der Waals surface area contributed by atoms with Crippen molar-refractivity contribution in [2.24, 2.45) is 17.3 Å². The molecule has 3 fully saturated rings. The van der Waals surface area contributed by atoms with E-state index in [1.54, 1.807) is 19.2 Å². The molecule has 7 heteroatoms. The highest BCUT2D eigenvalue weighted by Gasteiger charge is 2.64. The second kappa shape index (κ2) is 8.17. The molecule has 0 bridgehead atoms. The van der Waals surface area contributed by atoms with E-state index in [-0.39, 0.29) is 35.0 Å². The normalized spacial score (nSPS) is 29.0. The Labute approximate surface area is 178 Å². The van der Waals surface area contributed by atoms with Gasteiger partial charge in [-0.3, -0.25) is 14.5 Å². The number of likely N-dealkylation sites (tertiary alicyclic amines) is 1. The number of nitrogens with one attached hydrogen (secondary N) is 1. The van der Waals surface area contributed by atoms with Gasteiger partial charge in [-0.2, -0.15) is 0 Å². The number of carbonyl (C=O) groups excluding carboxylic acids is 2. The first-order valence-corrected chi connectivity index (χ1v) is 11.1. The molecule has 2 amide bonds. The number of benzene rings is 1. The molecular formula is C23H33FN4O2. The first-order valence-electron chi connectivity index (χ1n) is 11.1. The predicted octanol–water partition coefficient (Wildman–Crippen LogP) is 1.96. The lowest BCUT2D eigenvalue weighted by molar-refractivity contribution is -0.133. The molecule has 0 radical (unpaired) electrons. The van der Waals surface area contributed by atoms with Crippen LogP contribution in [0.1, 0.15) is 26.7 Å². The SMILES string of the molecule is CNC(=O)[C@@H]1C[C@@]2(C[C@@H]2C(=O)N2CCN(c3ccc(F)cc3)CC2)CN1CC(C)C. The Morgan fingerprint density at radius 1 is 1.13 bits per heavy atom. The third-order valence-electron chi connectivity index (χ3n) is 6.98. The highest BCUT2D eigenvalue weighted by molar-refractivity contribution is 5.85. The van der Waals surface area contributed by atoms with E-state index in [9.17, 15) is 14.0 Å². The quantitative estimate of drug-likeness (QED) is 0.797. The van der Waals surface area contributed by atoms with Gasteiger partial charge in [-0.25, -0.2) is 4.39 Å². The van der Waals surface area contributed by atoms with E-state index in [1.165, 1.54) is 12.1 Å². The molecule has 2 aliphatic heterocycles. The molecular weight excluding hydrogens is 383 g/mol. The first kappa shape index (κ1) is 21.1. The van der Waals surface area contributed by atoms with E-state index in [1.807, 2.05) is 4.90 Å². The minimum Gasteiger partial charge on any atom is -0.368 e. The van der Waals surface area contributed by atoms with Gasteiger partial charge in [-0.1, -0.05) is 13.8 Å². The molecule has 0 aromatic heterocycles. The van der Waals surface area contributed by atoms with Gasteiger partial charge in [0.2, 0.25) is 11.8 Å². The Morgan fingerprint density at radius 3 is 2.40 bits per heavy atom. The lowest BCUT2D eigenvalue weighted by Gasteiger charge is -2.36. The largest absolute Gasteiger partial charge is 0.368 e. The molecule has 3 atom stereocenters. The zero-order chi connectivity index (χ0) is 21.5. The number of nitrogens with zero attached hydrogens (tertiary/aromatic N) is 3. The van der Waals surface area contributed by atoms with Crippen LogP contribution in [0.4, 0.5) is 10.1 Å². The molecule has 1 aromatic rings. The highest BCUT2D eigenvalue weighted by atomic mass is 19.1. The van der Waals surface area contributed by atoms with Gasteiger partial charge in [-0.05, 0) is 48.4 Å². The molecule has 1 saturated carbocycles. The number of anilines is 1. The molecule has 2 saturated heterocycles. The van der Waals surface area contributed by atoms with Gasteiger partial charge in [0.15, 0.2) is 0 Å². The average Bonchev–Trinajstić information content (AvgIpc) is 3.32. The summed E-state index contributed by atoms with van der Waals surface area (Å²) >= 11 is 0. The van der Waals surface area contributed by atoms with Crippen molar-refractivity contribution >= 4 is 17.5 Å². The minimum absolute atomic E-state index is 0.0305. The molecule has 6 nitrogen and oxygen atoms in total. The molecule has 4 rings (SSSR count). The summed E-state index contributed by atoms with van der Waals surface area (Å²) in [6.45, 7) is 8.97. The van der Waals surface area contributed by atoms with Crippen molar-refractivity contribution in [3.63, 3.8) is 0 Å². The van der Waals surface area contributed by atoms with Crippen LogP contribution < -0.4 is 10.2 Å². The number of carbonyl (C=O) groups is 2. The number of halogens is 1. The molecule has 0 unspecified atom stereocenters. The first-order chi connectivity index (χ1) is 14.3. The van der Waals surface area contributed by atoms with Crippen molar-refractivity contribution in [2.75, 3.05) is 51.2 Å². The maximum absolute atomic E-state index is 13.2. The second-order valence-corrected chi connectivity index (χ2v) is 9.57. The van der Waals surface area contributed by atoms with Crippen LogP contribution in [0.25, 0.3) is 0 Å². The zero-order valence-corrected chi connectivity index (χ0v) is 18.2. The summed E-state index contributed by atoms with van der Waals surface area (Å²) in [6, 6.07) is 6.43. The molecule has 3 aliphatic rings. The Balaban J connectivity index is 1.35. The zero-order valence-electron chi connectivity index (χ0n) is 18.2. The summed E-state index contributed by atoms with van der Waals surface area (Å²) in [7, 11) is 1.69. The number of rotatable bonds is 5. The molecule has 1 spiro atoms. The summed E-state index contributed by atoms with van der Waals surface area (Å²) in [5, 5.41) is 2.80. The smallest absolute Gasteiger partial charge is 0.237 e. The Bertz CT molecular complexity index is 791. The van der Waals surface area contributed by atoms with Crippen molar-refractivity contribution in [1.82, 2.24) is 15.1 Å². The molecule has 30 heavy (non-hydrogen) atoms. The van der Waals surface area contributed by atoms with Gasteiger partial charge in [0.05, 0.1) is 6.04 Å². The molecule has 164 valence electrons. The summed E-state index contributed by atoms with van der Waals surface area (Å²) in [5.41, 5.74) is 0.969. The Hall–Kier alpha value is -2.15. The fourth-order valence-corrected chi connectivity index (χ4v) is 5.33. The Morgan fingerprint density at radius 2 is 1.80 bits per heavy atom. The van der Waals surface area contributed by atoms with Gasteiger partial charge in [0, 0.05) is 57.9 Å². The molecule has 1 aliphatic carbocycles. The number of hydrogen-bond donors (Lipinski definition) is 1. The summed E-state index contributed by atoms with van der Waals surface area (Å²) < 4.78 is 13.2. The molecule has 2 heterocycles. The van der Waals surface area contributed by atoms with Gasteiger partial charge in [0.1, 0.15) is 5.82 Å². The Kier molecular flexibility index (Phi) is 5.75. The van der Waals surface area contributed by atoms with E-state index in [4.69, 9.17) is 0 Å². The van der Waals surface area contributed by atoms with E-state index in [0.29, 0.717) is 19.0 Å². The minimum atomic E-state index is -0.232. The van der Waals surface area contributed by atoms with Crippen molar-refractivity contribution in [2.45, 2.75) is 32.7 Å². The molecule has 1 N–H and O–H groups in total. The van der Waals surface area contributed by atoms with Crippen molar-refractivity contribution in [1.29, 1.82) is 0 Å². The van der Waals surface area contributed by atoms with Crippen LogP contribution >= 0.6 is 0 Å².